The minimum absolute atomic E-state index is 0.0431. The number of aliphatic hydroxyl groups is 1. The Morgan fingerprint density at radius 1 is 1.27 bits per heavy atom. The highest BCUT2D eigenvalue weighted by Crippen LogP contribution is 2.57. The van der Waals surface area contributed by atoms with Crippen LogP contribution in [0.4, 0.5) is 5.82 Å². The molecule has 0 bridgehead atoms. The molecule has 0 unspecified atom stereocenters. The maximum Gasteiger partial charge on any atom is 0.165 e. The largest absolute Gasteiger partial charge is 0.389 e. The number of aromatic nitrogens is 4. The monoisotopic (exact) mass is 462 g/mol. The maximum atomic E-state index is 10.5. The van der Waals surface area contributed by atoms with Gasteiger partial charge in [-0.2, -0.15) is 0 Å². The molecule has 26 heavy (non-hydrogen) atoms. The molecule has 5 atom stereocenters. The van der Waals surface area contributed by atoms with Crippen molar-refractivity contribution in [1.29, 1.82) is 0 Å². The van der Waals surface area contributed by atoms with Crippen LogP contribution in [0.2, 0.25) is 0 Å². The van der Waals surface area contributed by atoms with Gasteiger partial charge in [0.15, 0.2) is 11.5 Å². The number of nitrogens with two attached hydrogens (primary N) is 1. The van der Waals surface area contributed by atoms with Gasteiger partial charge in [-0.3, -0.25) is 0 Å². The van der Waals surface area contributed by atoms with Crippen LogP contribution in [0.15, 0.2) is 36.9 Å². The highest BCUT2D eigenvalue weighted by Gasteiger charge is 2.59. The standard InChI is InChI=1S/C18H19IN6O/c19-10-3-1-2-9(4-10)6-21-17-14-18(23-7-22-17)25(8-24-14)15-12-5-11(12)13(20)16(15)26/h1-4,7-8,11-13,15-16,26H,5-6,20H2,(H,21,22,23)/t11-,12+,13+,15+,16+/m0/s1. The van der Waals surface area contributed by atoms with Crippen molar-refractivity contribution in [3.63, 3.8) is 0 Å². The molecule has 2 aliphatic rings. The lowest BCUT2D eigenvalue weighted by Gasteiger charge is -2.22. The van der Waals surface area contributed by atoms with E-state index >= 15 is 0 Å². The number of nitrogens with zero attached hydrogens (tertiary/aromatic N) is 4. The summed E-state index contributed by atoms with van der Waals surface area (Å²) in [6, 6.07) is 8.13. The van der Waals surface area contributed by atoms with Crippen molar-refractivity contribution in [3.8, 4) is 0 Å². The summed E-state index contributed by atoms with van der Waals surface area (Å²) in [7, 11) is 0. The molecule has 5 rings (SSSR count). The molecule has 0 spiro atoms. The molecular weight excluding hydrogens is 443 g/mol. The minimum atomic E-state index is -0.547. The first-order valence-electron chi connectivity index (χ1n) is 8.73. The number of imidazole rings is 1. The fourth-order valence-corrected chi connectivity index (χ4v) is 4.82. The number of halogens is 1. The Labute approximate surface area is 164 Å². The third-order valence-electron chi connectivity index (χ3n) is 5.60. The highest BCUT2D eigenvalue weighted by atomic mass is 127. The Balaban J connectivity index is 1.44. The quantitative estimate of drug-likeness (QED) is 0.513. The smallest absolute Gasteiger partial charge is 0.165 e. The first-order valence-corrected chi connectivity index (χ1v) is 9.81. The molecule has 2 heterocycles. The molecule has 0 amide bonds. The van der Waals surface area contributed by atoms with Gasteiger partial charge < -0.3 is 20.7 Å². The van der Waals surface area contributed by atoms with E-state index in [1.807, 2.05) is 10.6 Å². The van der Waals surface area contributed by atoms with Gasteiger partial charge in [-0.15, -0.1) is 0 Å². The van der Waals surface area contributed by atoms with Gasteiger partial charge in [-0.05, 0) is 58.5 Å². The van der Waals surface area contributed by atoms with Crippen LogP contribution in [0.1, 0.15) is 18.0 Å². The van der Waals surface area contributed by atoms with Crippen molar-refractivity contribution < 1.29 is 5.11 Å². The predicted molar refractivity (Wildman–Crippen MR) is 106 cm³/mol. The minimum Gasteiger partial charge on any atom is -0.389 e. The van der Waals surface area contributed by atoms with Crippen LogP contribution in [0, 0.1) is 15.4 Å². The normalized spacial score (nSPS) is 29.7. The lowest BCUT2D eigenvalue weighted by molar-refractivity contribution is 0.104. The van der Waals surface area contributed by atoms with Gasteiger partial charge in [0.25, 0.3) is 0 Å². The van der Waals surface area contributed by atoms with Crippen LogP contribution < -0.4 is 11.1 Å². The number of fused-ring (bicyclic) bond motifs is 2. The third kappa shape index (κ3) is 2.58. The molecule has 8 heteroatoms. The van der Waals surface area contributed by atoms with Crippen molar-refractivity contribution >= 4 is 39.6 Å². The number of anilines is 1. The molecule has 1 aromatic carbocycles. The van der Waals surface area contributed by atoms with E-state index < -0.39 is 6.10 Å². The van der Waals surface area contributed by atoms with Crippen molar-refractivity contribution in [2.75, 3.05) is 5.32 Å². The first-order chi connectivity index (χ1) is 12.6. The molecule has 2 fully saturated rings. The molecule has 0 saturated heterocycles. The molecule has 7 nitrogen and oxygen atoms in total. The summed E-state index contributed by atoms with van der Waals surface area (Å²) in [5.41, 5.74) is 8.78. The van der Waals surface area contributed by atoms with E-state index in [9.17, 15) is 5.11 Å². The van der Waals surface area contributed by atoms with Gasteiger partial charge in [0.05, 0.1) is 18.5 Å². The summed E-state index contributed by atoms with van der Waals surface area (Å²) in [4.78, 5) is 13.3. The van der Waals surface area contributed by atoms with E-state index in [-0.39, 0.29) is 12.1 Å². The lowest BCUT2D eigenvalue weighted by Crippen LogP contribution is -2.37. The van der Waals surface area contributed by atoms with Crippen LogP contribution in [0.25, 0.3) is 11.2 Å². The fraction of sp³-hybridized carbons (Fsp3) is 0.389. The molecule has 2 aliphatic carbocycles. The highest BCUT2D eigenvalue weighted by molar-refractivity contribution is 14.1. The van der Waals surface area contributed by atoms with Crippen LogP contribution >= 0.6 is 22.6 Å². The lowest BCUT2D eigenvalue weighted by atomic mass is 10.1. The van der Waals surface area contributed by atoms with E-state index in [1.54, 1.807) is 12.7 Å². The average molecular weight is 462 g/mol. The van der Waals surface area contributed by atoms with Crippen LogP contribution in [-0.2, 0) is 6.54 Å². The third-order valence-corrected chi connectivity index (χ3v) is 6.27. The van der Waals surface area contributed by atoms with Crippen LogP contribution in [-0.4, -0.2) is 36.8 Å². The van der Waals surface area contributed by atoms with Gasteiger partial charge in [-0.1, -0.05) is 12.1 Å². The summed E-state index contributed by atoms with van der Waals surface area (Å²) in [5.74, 6) is 1.55. The zero-order valence-electron chi connectivity index (χ0n) is 14.0. The van der Waals surface area contributed by atoms with Crippen molar-refractivity contribution in [2.24, 2.45) is 17.6 Å². The fourth-order valence-electron chi connectivity index (χ4n) is 4.21. The number of hydrogen-bond donors (Lipinski definition) is 3. The zero-order valence-corrected chi connectivity index (χ0v) is 16.1. The first kappa shape index (κ1) is 16.4. The van der Waals surface area contributed by atoms with Gasteiger partial charge in [-0.25, -0.2) is 15.0 Å². The van der Waals surface area contributed by atoms with Gasteiger partial charge >= 0.3 is 0 Å². The molecule has 134 valence electrons. The van der Waals surface area contributed by atoms with Crippen molar-refractivity contribution in [3.05, 3.63) is 46.1 Å². The number of nitrogens with one attached hydrogen (secondary N) is 1. The van der Waals surface area contributed by atoms with Gasteiger partial charge in [0.2, 0.25) is 0 Å². The second kappa shape index (κ2) is 6.14. The summed E-state index contributed by atoms with van der Waals surface area (Å²) >= 11 is 2.31. The molecular formula is C18H19IN6O. The topological polar surface area (TPSA) is 102 Å². The van der Waals surface area contributed by atoms with E-state index in [4.69, 9.17) is 5.73 Å². The molecule has 0 radical (unpaired) electrons. The van der Waals surface area contributed by atoms with Crippen LogP contribution in [0.3, 0.4) is 0 Å². The van der Waals surface area contributed by atoms with E-state index in [0.717, 1.165) is 17.6 Å². The molecule has 0 aliphatic heterocycles. The van der Waals surface area contributed by atoms with Gasteiger partial charge in [0.1, 0.15) is 11.8 Å². The molecule has 2 saturated carbocycles. The predicted octanol–water partition coefficient (Wildman–Crippen LogP) is 1.92. The molecule has 4 N–H and O–H groups in total. The van der Waals surface area contributed by atoms with E-state index in [2.05, 4.69) is 61.1 Å². The second-order valence-corrected chi connectivity index (χ2v) is 8.40. The second-order valence-electron chi connectivity index (χ2n) is 7.15. The SMILES string of the molecule is N[C@H]1[C@@H](O)[C@H](n2cnc3c(NCc4cccc(I)c4)ncnc32)[C@@H]2C[C@H]12. The Morgan fingerprint density at radius 2 is 2.15 bits per heavy atom. The average Bonchev–Trinajstić information content (AvgIpc) is 3.24. The van der Waals surface area contributed by atoms with Crippen LogP contribution in [0.5, 0.6) is 0 Å². The summed E-state index contributed by atoms with van der Waals surface area (Å²) in [5, 5.41) is 13.9. The number of benzene rings is 1. The Hall–Kier alpha value is -1.78. The van der Waals surface area contributed by atoms with Crippen molar-refractivity contribution in [1.82, 2.24) is 19.5 Å². The summed E-state index contributed by atoms with van der Waals surface area (Å²) in [6.45, 7) is 0.664. The number of rotatable bonds is 4. The van der Waals surface area contributed by atoms with Crippen molar-refractivity contribution in [2.45, 2.75) is 31.2 Å². The summed E-state index contributed by atoms with van der Waals surface area (Å²) < 4.78 is 3.18. The molecule has 2 aromatic heterocycles. The molecule has 3 aromatic rings. The van der Waals surface area contributed by atoms with Gasteiger partial charge in [0, 0.05) is 16.2 Å². The zero-order chi connectivity index (χ0) is 17.8. The van der Waals surface area contributed by atoms with E-state index in [1.165, 1.54) is 9.13 Å². The number of hydrogen-bond acceptors (Lipinski definition) is 6. The Kier molecular flexibility index (Phi) is 3.87. The van der Waals surface area contributed by atoms with E-state index in [0.29, 0.717) is 24.2 Å². The Morgan fingerprint density at radius 3 is 2.92 bits per heavy atom. The Bertz CT molecular complexity index is 975. The summed E-state index contributed by atoms with van der Waals surface area (Å²) in [6.07, 6.45) is 3.83. The number of aliphatic hydroxyl groups excluding tert-OH is 1. The maximum absolute atomic E-state index is 10.5.